The Labute approximate surface area is 125 Å². The van der Waals surface area contributed by atoms with E-state index in [1.54, 1.807) is 20.8 Å². The number of thioether (sulfide) groups is 1. The molecule has 0 bridgehead atoms. The molecule has 0 saturated carbocycles. The van der Waals surface area contributed by atoms with E-state index < -0.39 is 23.4 Å². The van der Waals surface area contributed by atoms with Gasteiger partial charge in [-0.2, -0.15) is 13.2 Å². The number of nitrogens with zero attached hydrogens (tertiary/aromatic N) is 1. The first-order valence-electron chi connectivity index (χ1n) is 6.21. The Kier molecular flexibility index (Phi) is 5.88. The zero-order chi connectivity index (χ0) is 16.1. The van der Waals surface area contributed by atoms with Crippen molar-refractivity contribution >= 4 is 17.9 Å². The van der Waals surface area contributed by atoms with Crippen LogP contribution in [0.15, 0.2) is 23.4 Å². The van der Waals surface area contributed by atoms with E-state index in [1.165, 1.54) is 17.8 Å². The lowest BCUT2D eigenvalue weighted by molar-refractivity contribution is -0.137. The number of pyridine rings is 1. The normalized spacial score (nSPS) is 12.1. The highest BCUT2D eigenvalue weighted by Crippen LogP contribution is 2.29. The summed E-state index contributed by atoms with van der Waals surface area (Å²) in [6, 6.07) is 2.29. The van der Waals surface area contributed by atoms with E-state index in [2.05, 4.69) is 10.3 Å². The SMILES string of the molecule is CC(C)(C)OC(=O)NCCSc1ccc(C(F)(F)F)cn1. The fourth-order valence-electron chi connectivity index (χ4n) is 1.26. The number of alkyl carbamates (subject to hydrolysis) is 1. The summed E-state index contributed by atoms with van der Waals surface area (Å²) in [6.07, 6.45) is -4.11. The summed E-state index contributed by atoms with van der Waals surface area (Å²) in [4.78, 5) is 15.1. The van der Waals surface area contributed by atoms with Crippen LogP contribution < -0.4 is 5.32 Å². The molecule has 1 aromatic rings. The van der Waals surface area contributed by atoms with Gasteiger partial charge in [-0.1, -0.05) is 0 Å². The summed E-state index contributed by atoms with van der Waals surface area (Å²) >= 11 is 1.25. The number of alkyl halides is 3. The summed E-state index contributed by atoms with van der Waals surface area (Å²) in [7, 11) is 0. The van der Waals surface area contributed by atoms with Crippen molar-refractivity contribution < 1.29 is 22.7 Å². The monoisotopic (exact) mass is 322 g/mol. The molecule has 1 rings (SSSR count). The van der Waals surface area contributed by atoms with Crippen molar-refractivity contribution in [2.45, 2.75) is 37.6 Å². The van der Waals surface area contributed by atoms with Crippen LogP contribution in [0.1, 0.15) is 26.3 Å². The van der Waals surface area contributed by atoms with Crippen LogP contribution >= 0.6 is 11.8 Å². The molecule has 0 aromatic carbocycles. The maximum Gasteiger partial charge on any atom is 0.417 e. The summed E-state index contributed by atoms with van der Waals surface area (Å²) in [5, 5.41) is 3.02. The molecule has 0 aliphatic rings. The van der Waals surface area contributed by atoms with Crippen LogP contribution in [0.2, 0.25) is 0 Å². The van der Waals surface area contributed by atoms with E-state index in [4.69, 9.17) is 4.74 Å². The van der Waals surface area contributed by atoms with Gasteiger partial charge in [-0.25, -0.2) is 9.78 Å². The van der Waals surface area contributed by atoms with Gasteiger partial charge in [0.15, 0.2) is 0 Å². The molecule has 0 saturated heterocycles. The van der Waals surface area contributed by atoms with Crippen molar-refractivity contribution in [1.29, 1.82) is 0 Å². The predicted octanol–water partition coefficient (Wildman–Crippen LogP) is 3.72. The van der Waals surface area contributed by atoms with Crippen molar-refractivity contribution in [3.8, 4) is 0 Å². The molecule has 8 heteroatoms. The fraction of sp³-hybridized carbons (Fsp3) is 0.538. The molecule has 0 unspecified atom stereocenters. The minimum Gasteiger partial charge on any atom is -0.444 e. The van der Waals surface area contributed by atoms with Gasteiger partial charge in [0.2, 0.25) is 0 Å². The first-order chi connectivity index (χ1) is 9.58. The first kappa shape index (κ1) is 17.6. The fourth-order valence-corrected chi connectivity index (χ4v) is 1.96. The molecule has 0 atom stereocenters. The number of carbonyl (C=O) groups is 1. The number of nitrogens with one attached hydrogen (secondary N) is 1. The topological polar surface area (TPSA) is 51.2 Å². The maximum atomic E-state index is 12.3. The van der Waals surface area contributed by atoms with E-state index in [-0.39, 0.29) is 0 Å². The summed E-state index contributed by atoms with van der Waals surface area (Å²) in [5.74, 6) is 0.484. The number of amides is 1. The smallest absolute Gasteiger partial charge is 0.417 e. The van der Waals surface area contributed by atoms with Gasteiger partial charge in [0, 0.05) is 18.5 Å². The molecule has 0 radical (unpaired) electrons. The quantitative estimate of drug-likeness (QED) is 0.678. The van der Waals surface area contributed by atoms with E-state index in [1.807, 2.05) is 0 Å². The molecule has 118 valence electrons. The van der Waals surface area contributed by atoms with Crippen molar-refractivity contribution in [2.24, 2.45) is 0 Å². The number of rotatable bonds is 4. The summed E-state index contributed by atoms with van der Waals surface area (Å²) < 4.78 is 42.1. The number of ether oxygens (including phenoxy) is 1. The Hall–Kier alpha value is -1.44. The zero-order valence-corrected chi connectivity index (χ0v) is 12.8. The Balaban J connectivity index is 2.32. The van der Waals surface area contributed by atoms with Crippen LogP contribution in [0.5, 0.6) is 0 Å². The van der Waals surface area contributed by atoms with E-state index in [9.17, 15) is 18.0 Å². The highest BCUT2D eigenvalue weighted by atomic mass is 32.2. The molecule has 1 aromatic heterocycles. The summed E-state index contributed by atoms with van der Waals surface area (Å²) in [5.41, 5.74) is -1.34. The third kappa shape index (κ3) is 7.22. The Morgan fingerprint density at radius 3 is 2.48 bits per heavy atom. The predicted molar refractivity (Wildman–Crippen MR) is 74.2 cm³/mol. The van der Waals surface area contributed by atoms with Gasteiger partial charge in [-0.05, 0) is 32.9 Å². The second kappa shape index (κ2) is 7.02. The highest BCUT2D eigenvalue weighted by molar-refractivity contribution is 7.99. The van der Waals surface area contributed by atoms with Crippen molar-refractivity contribution in [1.82, 2.24) is 10.3 Å². The molecule has 21 heavy (non-hydrogen) atoms. The third-order valence-corrected chi connectivity index (χ3v) is 3.03. The minimum atomic E-state index is -4.38. The maximum absolute atomic E-state index is 12.3. The molecule has 0 spiro atoms. The van der Waals surface area contributed by atoms with Crippen molar-refractivity contribution in [3.63, 3.8) is 0 Å². The first-order valence-corrected chi connectivity index (χ1v) is 7.19. The largest absolute Gasteiger partial charge is 0.444 e. The van der Waals surface area contributed by atoms with Gasteiger partial charge in [-0.15, -0.1) is 11.8 Å². The van der Waals surface area contributed by atoms with Crippen LogP contribution in [0.4, 0.5) is 18.0 Å². The van der Waals surface area contributed by atoms with Gasteiger partial charge in [-0.3, -0.25) is 0 Å². The third-order valence-electron chi connectivity index (χ3n) is 2.08. The molecule has 0 aliphatic heterocycles. The Morgan fingerprint density at radius 1 is 1.33 bits per heavy atom. The number of carbonyl (C=O) groups excluding carboxylic acids is 1. The van der Waals surface area contributed by atoms with Crippen LogP contribution in [-0.2, 0) is 10.9 Å². The van der Waals surface area contributed by atoms with E-state index in [0.29, 0.717) is 17.3 Å². The molecular weight excluding hydrogens is 305 g/mol. The average molecular weight is 322 g/mol. The van der Waals surface area contributed by atoms with E-state index >= 15 is 0 Å². The number of aromatic nitrogens is 1. The van der Waals surface area contributed by atoms with Crippen LogP contribution in [0.25, 0.3) is 0 Å². The average Bonchev–Trinajstić information content (AvgIpc) is 2.32. The number of halogens is 3. The molecular formula is C13H17F3N2O2S. The van der Waals surface area contributed by atoms with Gasteiger partial charge in [0.25, 0.3) is 0 Å². The van der Waals surface area contributed by atoms with Gasteiger partial charge < -0.3 is 10.1 Å². The Morgan fingerprint density at radius 2 is 2.00 bits per heavy atom. The molecule has 1 amide bonds. The molecule has 1 N–H and O–H groups in total. The van der Waals surface area contributed by atoms with Gasteiger partial charge >= 0.3 is 12.3 Å². The highest BCUT2D eigenvalue weighted by Gasteiger charge is 2.30. The van der Waals surface area contributed by atoms with Crippen LogP contribution in [0.3, 0.4) is 0 Å². The van der Waals surface area contributed by atoms with Crippen LogP contribution in [0, 0.1) is 0 Å². The lowest BCUT2D eigenvalue weighted by Crippen LogP contribution is -2.33. The standard InChI is InChI=1S/C13H17F3N2O2S/c1-12(2,3)20-11(19)17-6-7-21-10-5-4-9(8-18-10)13(14,15)16/h4-5,8H,6-7H2,1-3H3,(H,17,19). The van der Waals surface area contributed by atoms with Crippen molar-refractivity contribution in [2.75, 3.05) is 12.3 Å². The number of hydrogen-bond acceptors (Lipinski definition) is 4. The van der Waals surface area contributed by atoms with Crippen LogP contribution in [-0.4, -0.2) is 29.0 Å². The van der Waals surface area contributed by atoms with Gasteiger partial charge in [0.1, 0.15) is 5.60 Å². The minimum absolute atomic E-state index is 0.336. The van der Waals surface area contributed by atoms with Crippen molar-refractivity contribution in [3.05, 3.63) is 23.9 Å². The lowest BCUT2D eigenvalue weighted by atomic mass is 10.2. The second-order valence-electron chi connectivity index (χ2n) is 5.16. The summed E-state index contributed by atoms with van der Waals surface area (Å²) in [6.45, 7) is 5.61. The van der Waals surface area contributed by atoms with E-state index in [0.717, 1.165) is 12.3 Å². The lowest BCUT2D eigenvalue weighted by Gasteiger charge is -2.19. The molecule has 0 fully saturated rings. The zero-order valence-electron chi connectivity index (χ0n) is 12.0. The van der Waals surface area contributed by atoms with Gasteiger partial charge in [0.05, 0.1) is 10.6 Å². The molecule has 4 nitrogen and oxygen atoms in total. The Bertz CT molecular complexity index is 470. The molecule has 0 aliphatic carbocycles. The molecule has 1 heterocycles. The second-order valence-corrected chi connectivity index (χ2v) is 6.28. The number of hydrogen-bond donors (Lipinski definition) is 1.